The van der Waals surface area contributed by atoms with Crippen molar-refractivity contribution < 1.29 is 4.79 Å². The second-order valence-corrected chi connectivity index (χ2v) is 8.00. The highest BCUT2D eigenvalue weighted by molar-refractivity contribution is 7.99. The van der Waals surface area contributed by atoms with Gasteiger partial charge in [0.1, 0.15) is 0 Å². The van der Waals surface area contributed by atoms with E-state index >= 15 is 0 Å². The largest absolute Gasteiger partial charge is 0.325 e. The predicted octanol–water partition coefficient (Wildman–Crippen LogP) is 4.54. The van der Waals surface area contributed by atoms with Gasteiger partial charge in [-0.3, -0.25) is 4.79 Å². The highest BCUT2D eigenvalue weighted by Crippen LogP contribution is 2.30. The van der Waals surface area contributed by atoms with Gasteiger partial charge in [0.15, 0.2) is 11.0 Å². The molecule has 1 N–H and O–H groups in total. The van der Waals surface area contributed by atoms with E-state index in [9.17, 15) is 4.79 Å². The van der Waals surface area contributed by atoms with Crippen LogP contribution in [0.15, 0.2) is 34.8 Å². The first-order valence-electron chi connectivity index (χ1n) is 7.58. The number of nitrogens with one attached hydrogen (secondary N) is 1. The zero-order valence-corrected chi connectivity index (χ0v) is 16.4. The van der Waals surface area contributed by atoms with Crippen molar-refractivity contribution in [3.05, 3.63) is 45.1 Å². The Morgan fingerprint density at radius 3 is 2.64 bits per heavy atom. The number of nitrogens with zero attached hydrogens (tertiary/aromatic N) is 3. The number of thioether (sulfide) groups is 1. The monoisotopic (exact) mass is 392 g/mol. The number of hydrogen-bond donors (Lipinski definition) is 1. The summed E-state index contributed by atoms with van der Waals surface area (Å²) in [6, 6.07) is 7.02. The first-order chi connectivity index (χ1) is 12.0. The van der Waals surface area contributed by atoms with Crippen molar-refractivity contribution >= 4 is 46.3 Å². The minimum atomic E-state index is -0.0977. The summed E-state index contributed by atoms with van der Waals surface area (Å²) >= 11 is 8.90. The summed E-state index contributed by atoms with van der Waals surface area (Å²) in [4.78, 5) is 13.4. The summed E-state index contributed by atoms with van der Waals surface area (Å²) in [5.41, 5.74) is 3.03. The van der Waals surface area contributed by atoms with Gasteiger partial charge in [0, 0.05) is 33.6 Å². The van der Waals surface area contributed by atoms with Crippen LogP contribution in [0.5, 0.6) is 0 Å². The van der Waals surface area contributed by atoms with Gasteiger partial charge in [-0.1, -0.05) is 23.4 Å². The lowest BCUT2D eigenvalue weighted by molar-refractivity contribution is -0.113. The molecule has 0 unspecified atom stereocenters. The van der Waals surface area contributed by atoms with E-state index in [1.165, 1.54) is 22.2 Å². The van der Waals surface area contributed by atoms with Gasteiger partial charge in [-0.2, -0.15) is 0 Å². The van der Waals surface area contributed by atoms with E-state index in [-0.39, 0.29) is 11.7 Å². The van der Waals surface area contributed by atoms with Crippen LogP contribution in [-0.4, -0.2) is 26.4 Å². The Morgan fingerprint density at radius 2 is 2.00 bits per heavy atom. The second-order valence-electron chi connectivity index (χ2n) is 5.54. The van der Waals surface area contributed by atoms with E-state index in [0.717, 1.165) is 17.1 Å². The second kappa shape index (κ2) is 7.59. The molecule has 2 heterocycles. The standard InChI is InChI=1S/C17H17ClN4OS2/c1-10-11(2)24-8-14(10)16-20-21-17(22(16)3)25-9-15(23)19-13-6-4-12(18)5-7-13/h4-8H,9H2,1-3H3,(H,19,23). The Bertz CT molecular complexity index is 902. The van der Waals surface area contributed by atoms with Gasteiger partial charge < -0.3 is 9.88 Å². The van der Waals surface area contributed by atoms with Gasteiger partial charge >= 0.3 is 0 Å². The van der Waals surface area contributed by atoms with E-state index in [1.54, 1.807) is 35.6 Å². The molecular formula is C17H17ClN4OS2. The number of carbonyl (C=O) groups excluding carboxylic acids is 1. The fourth-order valence-electron chi connectivity index (χ4n) is 2.27. The molecule has 0 saturated heterocycles. The molecule has 0 aliphatic carbocycles. The Kier molecular flexibility index (Phi) is 5.46. The lowest BCUT2D eigenvalue weighted by Crippen LogP contribution is -2.14. The third-order valence-electron chi connectivity index (χ3n) is 3.82. The molecule has 130 valence electrons. The molecule has 2 aromatic heterocycles. The Hall–Kier alpha value is -1.83. The third kappa shape index (κ3) is 4.05. The molecule has 0 saturated carbocycles. The molecule has 0 aliphatic rings. The molecule has 0 radical (unpaired) electrons. The molecule has 3 rings (SSSR count). The van der Waals surface area contributed by atoms with Crippen molar-refractivity contribution in [3.8, 4) is 11.4 Å². The maximum Gasteiger partial charge on any atom is 0.234 e. The molecule has 8 heteroatoms. The van der Waals surface area contributed by atoms with Crippen LogP contribution in [-0.2, 0) is 11.8 Å². The number of amides is 1. The molecule has 1 aromatic carbocycles. The maximum absolute atomic E-state index is 12.1. The summed E-state index contributed by atoms with van der Waals surface area (Å²) in [7, 11) is 1.92. The summed E-state index contributed by atoms with van der Waals surface area (Å²) < 4.78 is 1.93. The number of carbonyl (C=O) groups is 1. The highest BCUT2D eigenvalue weighted by Gasteiger charge is 2.16. The maximum atomic E-state index is 12.1. The van der Waals surface area contributed by atoms with Crippen LogP contribution in [0.3, 0.4) is 0 Å². The van der Waals surface area contributed by atoms with Crippen molar-refractivity contribution in [1.29, 1.82) is 0 Å². The van der Waals surface area contributed by atoms with Crippen LogP contribution in [0.25, 0.3) is 11.4 Å². The number of halogens is 1. The predicted molar refractivity (Wildman–Crippen MR) is 105 cm³/mol. The number of aryl methyl sites for hydroxylation is 1. The van der Waals surface area contributed by atoms with Gasteiger partial charge in [-0.15, -0.1) is 21.5 Å². The molecule has 1 amide bonds. The quantitative estimate of drug-likeness (QED) is 0.647. The number of benzene rings is 1. The minimum absolute atomic E-state index is 0.0977. The van der Waals surface area contributed by atoms with Crippen LogP contribution in [0, 0.1) is 13.8 Å². The first-order valence-corrected chi connectivity index (χ1v) is 9.82. The summed E-state index contributed by atoms with van der Waals surface area (Å²) in [5.74, 6) is 0.984. The van der Waals surface area contributed by atoms with E-state index < -0.39 is 0 Å². The molecule has 0 fully saturated rings. The van der Waals surface area contributed by atoms with Crippen molar-refractivity contribution in [2.24, 2.45) is 7.05 Å². The normalized spacial score (nSPS) is 10.9. The number of aromatic nitrogens is 3. The Morgan fingerprint density at radius 1 is 1.28 bits per heavy atom. The zero-order valence-electron chi connectivity index (χ0n) is 14.0. The molecular weight excluding hydrogens is 376 g/mol. The van der Waals surface area contributed by atoms with Crippen molar-refractivity contribution in [2.75, 3.05) is 11.1 Å². The molecule has 5 nitrogen and oxygen atoms in total. The molecule has 0 aliphatic heterocycles. The van der Waals surface area contributed by atoms with Gasteiger partial charge in [-0.25, -0.2) is 0 Å². The molecule has 0 bridgehead atoms. The topological polar surface area (TPSA) is 59.8 Å². The van der Waals surface area contributed by atoms with Crippen LogP contribution < -0.4 is 5.32 Å². The smallest absolute Gasteiger partial charge is 0.234 e. The van der Waals surface area contributed by atoms with Gasteiger partial charge in [-0.05, 0) is 43.7 Å². The Balaban J connectivity index is 1.65. The minimum Gasteiger partial charge on any atom is -0.325 e. The van der Waals surface area contributed by atoms with Crippen molar-refractivity contribution in [1.82, 2.24) is 14.8 Å². The van der Waals surface area contributed by atoms with Crippen molar-refractivity contribution in [3.63, 3.8) is 0 Å². The number of rotatable bonds is 5. The van der Waals surface area contributed by atoms with Crippen LogP contribution in [0.4, 0.5) is 5.69 Å². The zero-order chi connectivity index (χ0) is 18.0. The molecule has 3 aromatic rings. The fraction of sp³-hybridized carbons (Fsp3) is 0.235. The average Bonchev–Trinajstić information content (AvgIpc) is 3.11. The van der Waals surface area contributed by atoms with Crippen molar-refractivity contribution in [2.45, 2.75) is 19.0 Å². The van der Waals surface area contributed by atoms with Gasteiger partial charge in [0.05, 0.1) is 5.75 Å². The fourth-order valence-corrected chi connectivity index (χ4v) is 3.97. The SMILES string of the molecule is Cc1scc(-c2nnc(SCC(=O)Nc3ccc(Cl)cc3)n2C)c1C. The van der Waals surface area contributed by atoms with Crippen LogP contribution in [0.1, 0.15) is 10.4 Å². The lowest BCUT2D eigenvalue weighted by Gasteiger charge is -2.06. The van der Waals surface area contributed by atoms with E-state index in [0.29, 0.717) is 10.2 Å². The highest BCUT2D eigenvalue weighted by atomic mass is 35.5. The number of hydrogen-bond acceptors (Lipinski definition) is 5. The van der Waals surface area contributed by atoms with Crippen LogP contribution >= 0.6 is 34.7 Å². The van der Waals surface area contributed by atoms with E-state index in [2.05, 4.69) is 34.7 Å². The Labute approximate surface area is 159 Å². The van der Waals surface area contributed by atoms with Crippen LogP contribution in [0.2, 0.25) is 5.02 Å². The van der Waals surface area contributed by atoms with Gasteiger partial charge in [0.25, 0.3) is 0 Å². The van der Waals surface area contributed by atoms with E-state index in [1.807, 2.05) is 11.6 Å². The number of thiophene rings is 1. The summed E-state index contributed by atoms with van der Waals surface area (Å²) in [6.07, 6.45) is 0. The molecule has 0 atom stereocenters. The van der Waals surface area contributed by atoms with Gasteiger partial charge in [0.2, 0.25) is 5.91 Å². The van der Waals surface area contributed by atoms with E-state index in [4.69, 9.17) is 11.6 Å². The first kappa shape index (κ1) is 18.0. The summed E-state index contributed by atoms with van der Waals surface area (Å²) in [5, 5.41) is 14.8. The lowest BCUT2D eigenvalue weighted by atomic mass is 10.2. The molecule has 0 spiro atoms. The third-order valence-corrected chi connectivity index (χ3v) is 6.11. The molecule has 25 heavy (non-hydrogen) atoms. The average molecular weight is 393 g/mol. The number of anilines is 1. The summed E-state index contributed by atoms with van der Waals surface area (Å²) in [6.45, 7) is 4.18.